The highest BCUT2D eigenvalue weighted by atomic mass is 15.2. The van der Waals surface area contributed by atoms with Crippen molar-refractivity contribution in [1.82, 2.24) is 15.6 Å². The molecule has 0 aliphatic heterocycles. The number of hydrogen-bond acceptors (Lipinski definition) is 2. The van der Waals surface area contributed by atoms with Gasteiger partial charge in [-0.2, -0.15) is 0 Å². The smallest absolute Gasteiger partial charge is 0.191 e. The summed E-state index contributed by atoms with van der Waals surface area (Å²) in [4.78, 5) is 9.11. The number of pyridine rings is 1. The summed E-state index contributed by atoms with van der Waals surface area (Å²) in [5.74, 6) is 0.823. The summed E-state index contributed by atoms with van der Waals surface area (Å²) < 4.78 is 0. The maximum Gasteiger partial charge on any atom is 0.191 e. The summed E-state index contributed by atoms with van der Waals surface area (Å²) in [6.45, 7) is 8.52. The molecule has 0 radical (unpaired) electrons. The van der Waals surface area contributed by atoms with E-state index in [0.29, 0.717) is 13.1 Å². The summed E-state index contributed by atoms with van der Waals surface area (Å²) in [6.07, 6.45) is 2.86. The van der Waals surface area contributed by atoms with Crippen molar-refractivity contribution in [3.63, 3.8) is 0 Å². The van der Waals surface area contributed by atoms with Crippen LogP contribution in [-0.4, -0.2) is 17.5 Å². The molecule has 4 nitrogen and oxygen atoms in total. The molecule has 4 heteroatoms. The molecule has 0 bridgehead atoms. The molecule has 0 aliphatic carbocycles. The first-order valence-corrected chi connectivity index (χ1v) is 8.24. The van der Waals surface area contributed by atoms with Crippen molar-refractivity contribution in [2.24, 2.45) is 4.99 Å². The molecule has 2 rings (SSSR count). The minimum Gasteiger partial charge on any atom is -0.357 e. The van der Waals surface area contributed by atoms with Crippen LogP contribution in [0.2, 0.25) is 0 Å². The Morgan fingerprint density at radius 1 is 1.04 bits per heavy atom. The van der Waals surface area contributed by atoms with Crippen LogP contribution in [-0.2, 0) is 19.5 Å². The molecule has 23 heavy (non-hydrogen) atoms. The second kappa shape index (κ2) is 8.93. The number of nitrogens with zero attached hydrogens (tertiary/aromatic N) is 2. The maximum absolute atomic E-state index is 4.70. The quantitative estimate of drug-likeness (QED) is 0.636. The fraction of sp³-hybridized carbons (Fsp3) is 0.368. The lowest BCUT2D eigenvalue weighted by atomic mass is 10.1. The Morgan fingerprint density at radius 2 is 1.83 bits per heavy atom. The molecule has 1 aromatic carbocycles. The lowest BCUT2D eigenvalue weighted by Gasteiger charge is -2.12. The van der Waals surface area contributed by atoms with Crippen LogP contribution < -0.4 is 10.6 Å². The van der Waals surface area contributed by atoms with Crippen LogP contribution in [0.4, 0.5) is 0 Å². The van der Waals surface area contributed by atoms with Crippen molar-refractivity contribution in [2.75, 3.05) is 6.54 Å². The third-order valence-corrected chi connectivity index (χ3v) is 3.79. The van der Waals surface area contributed by atoms with Crippen LogP contribution in [0.5, 0.6) is 0 Å². The van der Waals surface area contributed by atoms with Gasteiger partial charge < -0.3 is 10.6 Å². The number of benzene rings is 1. The van der Waals surface area contributed by atoms with Crippen LogP contribution >= 0.6 is 0 Å². The van der Waals surface area contributed by atoms with E-state index >= 15 is 0 Å². The molecular formula is C19H26N4. The van der Waals surface area contributed by atoms with E-state index in [4.69, 9.17) is 4.99 Å². The van der Waals surface area contributed by atoms with E-state index in [1.807, 2.05) is 12.3 Å². The second-order valence-corrected chi connectivity index (χ2v) is 5.44. The lowest BCUT2D eigenvalue weighted by molar-refractivity contribution is 0.793. The normalized spacial score (nSPS) is 11.3. The van der Waals surface area contributed by atoms with Gasteiger partial charge in [-0.1, -0.05) is 37.3 Å². The lowest BCUT2D eigenvalue weighted by Crippen LogP contribution is -2.37. The van der Waals surface area contributed by atoms with E-state index in [-0.39, 0.29) is 0 Å². The molecule has 1 heterocycles. The van der Waals surface area contributed by atoms with Gasteiger partial charge in [-0.15, -0.1) is 0 Å². The van der Waals surface area contributed by atoms with Crippen LogP contribution in [0.25, 0.3) is 0 Å². The highest BCUT2D eigenvalue weighted by Crippen LogP contribution is 2.10. The zero-order valence-electron chi connectivity index (χ0n) is 14.3. The number of guanidine groups is 1. The Labute approximate surface area is 139 Å². The first kappa shape index (κ1) is 17.0. The first-order valence-electron chi connectivity index (χ1n) is 8.24. The monoisotopic (exact) mass is 310 g/mol. The van der Waals surface area contributed by atoms with Gasteiger partial charge in [0.25, 0.3) is 0 Å². The molecule has 0 amide bonds. The number of aromatic nitrogens is 1. The zero-order valence-corrected chi connectivity index (χ0v) is 14.3. The highest BCUT2D eigenvalue weighted by molar-refractivity contribution is 5.79. The fourth-order valence-corrected chi connectivity index (χ4v) is 2.43. The number of hydrogen-bond donors (Lipinski definition) is 2. The largest absolute Gasteiger partial charge is 0.357 e. The highest BCUT2D eigenvalue weighted by Gasteiger charge is 2.03. The Hall–Kier alpha value is -2.36. The van der Waals surface area contributed by atoms with Gasteiger partial charge in [-0.05, 0) is 43.0 Å². The van der Waals surface area contributed by atoms with E-state index in [1.54, 1.807) is 0 Å². The van der Waals surface area contributed by atoms with Crippen molar-refractivity contribution in [3.8, 4) is 0 Å². The summed E-state index contributed by atoms with van der Waals surface area (Å²) in [5, 5.41) is 6.65. The van der Waals surface area contributed by atoms with Crippen molar-refractivity contribution in [1.29, 1.82) is 0 Å². The molecule has 0 unspecified atom stereocenters. The van der Waals surface area contributed by atoms with E-state index in [9.17, 15) is 0 Å². The van der Waals surface area contributed by atoms with E-state index in [1.165, 1.54) is 16.7 Å². The molecule has 1 aromatic heterocycles. The van der Waals surface area contributed by atoms with E-state index < -0.39 is 0 Å². The maximum atomic E-state index is 4.70. The average molecular weight is 310 g/mol. The molecule has 0 spiro atoms. The summed E-state index contributed by atoms with van der Waals surface area (Å²) >= 11 is 0. The van der Waals surface area contributed by atoms with Crippen LogP contribution in [0, 0.1) is 6.92 Å². The van der Waals surface area contributed by atoms with Gasteiger partial charge in [-0.3, -0.25) is 4.98 Å². The Bertz CT molecular complexity index is 649. The van der Waals surface area contributed by atoms with Crippen molar-refractivity contribution >= 4 is 5.96 Å². The molecule has 0 saturated carbocycles. The average Bonchev–Trinajstić information content (AvgIpc) is 2.59. The number of nitrogens with one attached hydrogen (secondary N) is 2. The molecule has 0 saturated heterocycles. The van der Waals surface area contributed by atoms with E-state index in [2.05, 4.69) is 66.7 Å². The molecule has 2 aromatic rings. The summed E-state index contributed by atoms with van der Waals surface area (Å²) in [7, 11) is 0. The third kappa shape index (κ3) is 5.09. The predicted octanol–water partition coefficient (Wildman–Crippen LogP) is 3.21. The fourth-order valence-electron chi connectivity index (χ4n) is 2.43. The second-order valence-electron chi connectivity index (χ2n) is 5.44. The minimum absolute atomic E-state index is 0.675. The number of aryl methyl sites for hydroxylation is 2. The predicted molar refractivity (Wildman–Crippen MR) is 96.4 cm³/mol. The van der Waals surface area contributed by atoms with Gasteiger partial charge in [0.2, 0.25) is 0 Å². The standard InChI is InChI=1S/C19H26N4/c1-4-16-10-6-7-11-17(16)13-22-19(20-5-2)23-14-18-15(3)9-8-12-21-18/h6-12H,4-5,13-14H2,1-3H3,(H2,20,22,23). The van der Waals surface area contributed by atoms with Gasteiger partial charge >= 0.3 is 0 Å². The Kier molecular flexibility index (Phi) is 6.60. The van der Waals surface area contributed by atoms with Gasteiger partial charge in [0, 0.05) is 12.7 Å². The van der Waals surface area contributed by atoms with Crippen molar-refractivity contribution < 1.29 is 0 Å². The molecule has 0 fully saturated rings. The van der Waals surface area contributed by atoms with Crippen LogP contribution in [0.1, 0.15) is 36.2 Å². The van der Waals surface area contributed by atoms with Crippen LogP contribution in [0.3, 0.4) is 0 Å². The minimum atomic E-state index is 0.675. The SMILES string of the molecule is CCNC(=NCc1ccccc1CC)NCc1ncccc1C. The number of aliphatic imine (C=N–C) groups is 1. The zero-order chi connectivity index (χ0) is 16.5. The summed E-state index contributed by atoms with van der Waals surface area (Å²) in [5.41, 5.74) is 4.87. The topological polar surface area (TPSA) is 49.3 Å². The molecule has 2 N–H and O–H groups in total. The number of rotatable bonds is 6. The van der Waals surface area contributed by atoms with E-state index in [0.717, 1.165) is 24.6 Å². The Morgan fingerprint density at radius 3 is 2.52 bits per heavy atom. The molecule has 0 aliphatic rings. The molecule has 122 valence electrons. The van der Waals surface area contributed by atoms with Gasteiger partial charge in [0.15, 0.2) is 5.96 Å². The first-order chi connectivity index (χ1) is 11.2. The van der Waals surface area contributed by atoms with Crippen LogP contribution in [0.15, 0.2) is 47.6 Å². The molecular weight excluding hydrogens is 284 g/mol. The third-order valence-electron chi connectivity index (χ3n) is 3.79. The van der Waals surface area contributed by atoms with Gasteiger partial charge in [0.05, 0.1) is 18.8 Å². The molecule has 0 atom stereocenters. The van der Waals surface area contributed by atoms with Gasteiger partial charge in [0.1, 0.15) is 0 Å². The van der Waals surface area contributed by atoms with Crippen molar-refractivity contribution in [3.05, 3.63) is 65.0 Å². The Balaban J connectivity index is 2.04. The van der Waals surface area contributed by atoms with Gasteiger partial charge in [-0.25, -0.2) is 4.99 Å². The van der Waals surface area contributed by atoms with Crippen molar-refractivity contribution in [2.45, 2.75) is 40.3 Å². The summed E-state index contributed by atoms with van der Waals surface area (Å²) in [6, 6.07) is 12.5.